The Kier molecular flexibility index (Phi) is 10.3. The summed E-state index contributed by atoms with van der Waals surface area (Å²) in [6.07, 6.45) is 0. The Labute approximate surface area is 79.4 Å². The molecular weight excluding hydrogens is 160 g/mol. The summed E-state index contributed by atoms with van der Waals surface area (Å²) < 4.78 is 5.36. The molecular formula is C8H18OTi. The van der Waals surface area contributed by atoms with Gasteiger partial charge in [-0.05, 0) is 11.8 Å². The van der Waals surface area contributed by atoms with E-state index in [1.165, 1.54) is 0 Å². The molecule has 0 unspecified atom stereocenters. The molecule has 0 aromatic carbocycles. The Morgan fingerprint density at radius 3 is 1.40 bits per heavy atom. The smallest absolute Gasteiger partial charge is 0.0489 e. The van der Waals surface area contributed by atoms with Crippen LogP contribution in [-0.4, -0.2) is 13.2 Å². The quantitative estimate of drug-likeness (QED) is 0.600. The van der Waals surface area contributed by atoms with Crippen LogP contribution in [0, 0.1) is 11.8 Å². The molecule has 60 valence electrons. The van der Waals surface area contributed by atoms with Crippen molar-refractivity contribution in [2.24, 2.45) is 11.8 Å². The van der Waals surface area contributed by atoms with Crippen molar-refractivity contribution in [2.45, 2.75) is 27.7 Å². The summed E-state index contributed by atoms with van der Waals surface area (Å²) in [5.74, 6) is 1.34. The first kappa shape index (κ1) is 13.3. The fourth-order valence-corrected chi connectivity index (χ4v) is 0.539. The van der Waals surface area contributed by atoms with Crippen LogP contribution in [0.5, 0.6) is 0 Å². The first-order chi connectivity index (χ1) is 4.13. The normalized spacial score (nSPS) is 10.2. The van der Waals surface area contributed by atoms with Crippen molar-refractivity contribution in [3.8, 4) is 0 Å². The first-order valence-electron chi connectivity index (χ1n) is 3.70. The summed E-state index contributed by atoms with van der Waals surface area (Å²) >= 11 is 0. The van der Waals surface area contributed by atoms with Crippen molar-refractivity contribution in [1.29, 1.82) is 0 Å². The minimum atomic E-state index is 0. The van der Waals surface area contributed by atoms with Gasteiger partial charge in [-0.15, -0.1) is 0 Å². The number of ether oxygens (including phenoxy) is 1. The molecule has 0 atom stereocenters. The van der Waals surface area contributed by atoms with Gasteiger partial charge < -0.3 is 4.74 Å². The van der Waals surface area contributed by atoms with Gasteiger partial charge in [0.05, 0.1) is 0 Å². The maximum Gasteiger partial charge on any atom is 0.0489 e. The average Bonchev–Trinajstić information content (AvgIpc) is 1.63. The second-order valence-electron chi connectivity index (χ2n) is 3.33. The van der Waals surface area contributed by atoms with E-state index in [4.69, 9.17) is 4.74 Å². The largest absolute Gasteiger partial charge is 0.381 e. The molecule has 0 fully saturated rings. The van der Waals surface area contributed by atoms with Gasteiger partial charge in [0.2, 0.25) is 0 Å². The van der Waals surface area contributed by atoms with Crippen LogP contribution in [-0.2, 0) is 26.5 Å². The molecule has 0 aliphatic rings. The molecule has 0 N–H and O–H groups in total. The van der Waals surface area contributed by atoms with Gasteiger partial charge in [0.25, 0.3) is 0 Å². The van der Waals surface area contributed by atoms with Gasteiger partial charge in [-0.2, -0.15) is 0 Å². The standard InChI is InChI=1S/C8H18O.Ti/c1-7(2)5-9-6-8(3)4;/h7-8H,5-6H2,1-4H3;. The molecule has 10 heavy (non-hydrogen) atoms. The zero-order valence-electron chi connectivity index (χ0n) is 7.48. The van der Waals surface area contributed by atoms with Gasteiger partial charge in [0.1, 0.15) is 0 Å². The van der Waals surface area contributed by atoms with Crippen molar-refractivity contribution >= 4 is 0 Å². The third-order valence-corrected chi connectivity index (χ3v) is 0.902. The summed E-state index contributed by atoms with van der Waals surface area (Å²) in [4.78, 5) is 0. The molecule has 0 bridgehead atoms. The first-order valence-corrected chi connectivity index (χ1v) is 3.70. The third-order valence-electron chi connectivity index (χ3n) is 0.902. The maximum absolute atomic E-state index is 5.36. The van der Waals surface area contributed by atoms with Crippen molar-refractivity contribution in [2.75, 3.05) is 13.2 Å². The Morgan fingerprint density at radius 2 is 1.20 bits per heavy atom. The third kappa shape index (κ3) is 11.5. The van der Waals surface area contributed by atoms with Crippen LogP contribution in [0.2, 0.25) is 0 Å². The second kappa shape index (κ2) is 7.78. The Balaban J connectivity index is 0. The molecule has 0 spiro atoms. The van der Waals surface area contributed by atoms with E-state index in [1.807, 2.05) is 0 Å². The molecule has 0 aliphatic carbocycles. The number of rotatable bonds is 4. The topological polar surface area (TPSA) is 9.23 Å². The van der Waals surface area contributed by atoms with Crippen LogP contribution in [0.4, 0.5) is 0 Å². The minimum Gasteiger partial charge on any atom is -0.381 e. The molecule has 0 saturated heterocycles. The zero-order chi connectivity index (χ0) is 7.28. The van der Waals surface area contributed by atoms with Crippen molar-refractivity contribution in [3.63, 3.8) is 0 Å². The van der Waals surface area contributed by atoms with E-state index in [-0.39, 0.29) is 21.7 Å². The van der Waals surface area contributed by atoms with Gasteiger partial charge in [-0.25, -0.2) is 0 Å². The number of hydrogen-bond acceptors (Lipinski definition) is 1. The summed E-state index contributed by atoms with van der Waals surface area (Å²) in [7, 11) is 0. The molecule has 0 amide bonds. The molecule has 0 heterocycles. The SMILES string of the molecule is CC(C)COCC(C)C.[Ti]. The fraction of sp³-hybridized carbons (Fsp3) is 1.00. The molecule has 0 aromatic heterocycles. The average molecular weight is 178 g/mol. The van der Waals surface area contributed by atoms with E-state index in [9.17, 15) is 0 Å². The Morgan fingerprint density at radius 1 is 0.900 bits per heavy atom. The Hall–Kier alpha value is 0.674. The predicted molar refractivity (Wildman–Crippen MR) is 40.5 cm³/mol. The summed E-state index contributed by atoms with van der Waals surface area (Å²) in [6, 6.07) is 0. The molecule has 0 radical (unpaired) electrons. The van der Waals surface area contributed by atoms with Crippen molar-refractivity contribution in [1.82, 2.24) is 0 Å². The predicted octanol–water partition coefficient (Wildman–Crippen LogP) is 2.31. The van der Waals surface area contributed by atoms with Gasteiger partial charge in [0, 0.05) is 34.9 Å². The van der Waals surface area contributed by atoms with Gasteiger partial charge in [0.15, 0.2) is 0 Å². The molecule has 0 saturated carbocycles. The Bertz CT molecular complexity index is 54.3. The van der Waals surface area contributed by atoms with Crippen LogP contribution >= 0.6 is 0 Å². The summed E-state index contributed by atoms with van der Waals surface area (Å²) in [5.41, 5.74) is 0. The van der Waals surface area contributed by atoms with E-state index < -0.39 is 0 Å². The summed E-state index contributed by atoms with van der Waals surface area (Å²) in [5, 5.41) is 0. The van der Waals surface area contributed by atoms with Gasteiger partial charge in [-0.1, -0.05) is 27.7 Å². The molecule has 0 aromatic rings. The van der Waals surface area contributed by atoms with Gasteiger partial charge in [-0.3, -0.25) is 0 Å². The van der Waals surface area contributed by atoms with E-state index in [0.717, 1.165) is 13.2 Å². The van der Waals surface area contributed by atoms with Crippen LogP contribution in [0.15, 0.2) is 0 Å². The van der Waals surface area contributed by atoms with Crippen LogP contribution in [0.25, 0.3) is 0 Å². The van der Waals surface area contributed by atoms with Gasteiger partial charge >= 0.3 is 0 Å². The number of hydrogen-bond donors (Lipinski definition) is 0. The monoisotopic (exact) mass is 178 g/mol. The molecule has 1 nitrogen and oxygen atoms in total. The summed E-state index contributed by atoms with van der Waals surface area (Å²) in [6.45, 7) is 10.5. The minimum absolute atomic E-state index is 0. The second-order valence-corrected chi connectivity index (χ2v) is 3.33. The van der Waals surface area contributed by atoms with Crippen LogP contribution in [0.1, 0.15) is 27.7 Å². The van der Waals surface area contributed by atoms with E-state index in [2.05, 4.69) is 27.7 Å². The molecule has 0 rings (SSSR count). The van der Waals surface area contributed by atoms with E-state index >= 15 is 0 Å². The fourth-order valence-electron chi connectivity index (χ4n) is 0.539. The molecule has 2 heteroatoms. The maximum atomic E-state index is 5.36. The van der Waals surface area contributed by atoms with Crippen LogP contribution in [0.3, 0.4) is 0 Å². The van der Waals surface area contributed by atoms with Crippen molar-refractivity contribution < 1.29 is 26.5 Å². The van der Waals surface area contributed by atoms with E-state index in [1.54, 1.807) is 0 Å². The zero-order valence-corrected chi connectivity index (χ0v) is 9.04. The molecule has 0 aliphatic heterocycles. The van der Waals surface area contributed by atoms with Crippen molar-refractivity contribution in [3.05, 3.63) is 0 Å². The van der Waals surface area contributed by atoms with E-state index in [0.29, 0.717) is 11.8 Å². The van der Waals surface area contributed by atoms with Crippen LogP contribution < -0.4 is 0 Å².